The number of carboxylic acid groups (broad SMARTS) is 1. The maximum absolute atomic E-state index is 14.2. The summed E-state index contributed by atoms with van der Waals surface area (Å²) in [7, 11) is 3.19. The average Bonchev–Trinajstić information content (AvgIpc) is 3.80. The number of carbonyl (C=O) groups excluding carboxylic acids is 4. The Morgan fingerprint density at radius 1 is 0.968 bits per heavy atom. The number of thioether (sulfide) groups is 1. The molecule has 0 saturated carbocycles. The van der Waals surface area contributed by atoms with Crippen LogP contribution in [0.3, 0.4) is 0 Å². The van der Waals surface area contributed by atoms with Crippen molar-refractivity contribution in [3.63, 3.8) is 0 Å². The molecule has 7 atom stereocenters. The second kappa shape index (κ2) is 20.0. The van der Waals surface area contributed by atoms with Gasteiger partial charge in [0.2, 0.25) is 11.7 Å². The molecule has 5 rings (SSSR count). The number of ether oxygens (including phenoxy) is 3. The van der Waals surface area contributed by atoms with Crippen LogP contribution in [-0.4, -0.2) is 118 Å². The van der Waals surface area contributed by atoms with Crippen molar-refractivity contribution in [2.45, 2.75) is 156 Å². The second-order valence-corrected chi connectivity index (χ2v) is 21.7. The van der Waals surface area contributed by atoms with Crippen molar-refractivity contribution in [2.75, 3.05) is 33.9 Å². The zero-order valence-electron chi connectivity index (χ0n) is 39.6. The normalized spacial score (nSPS) is 23.8. The topological polar surface area (TPSA) is 163 Å². The average molecular weight is 896 g/mol. The fraction of sp³-hybridized carbons (Fsp3) is 0.694. The van der Waals surface area contributed by atoms with Gasteiger partial charge in [0.1, 0.15) is 17.8 Å². The Hall–Kier alpha value is -4.04. The van der Waals surface area contributed by atoms with E-state index in [2.05, 4.69) is 39.2 Å². The van der Waals surface area contributed by atoms with Crippen LogP contribution < -0.4 is 9.47 Å². The number of nitrogens with zero attached hydrogens (tertiary/aromatic N) is 3. The first-order valence-corrected chi connectivity index (χ1v) is 23.7. The van der Waals surface area contributed by atoms with Gasteiger partial charge in [-0.25, -0.2) is 9.59 Å². The number of ketones is 1. The molecule has 2 amide bonds. The lowest BCUT2D eigenvalue weighted by molar-refractivity contribution is -0.165. The number of esters is 1. The summed E-state index contributed by atoms with van der Waals surface area (Å²) in [6, 6.07) is 4.63. The van der Waals surface area contributed by atoms with Gasteiger partial charge in [0.25, 0.3) is 5.91 Å². The zero-order valence-corrected chi connectivity index (χ0v) is 40.4. The molecule has 3 fully saturated rings. The quantitative estimate of drug-likeness (QED) is 0.0706. The third kappa shape index (κ3) is 10.9. The highest BCUT2D eigenvalue weighted by Gasteiger charge is 2.60. The van der Waals surface area contributed by atoms with E-state index >= 15 is 0 Å². The zero-order chi connectivity index (χ0) is 46.8. The Labute approximate surface area is 379 Å². The van der Waals surface area contributed by atoms with E-state index in [1.54, 1.807) is 46.8 Å². The maximum Gasteiger partial charge on any atom is 0.353 e. The first-order chi connectivity index (χ1) is 29.5. The van der Waals surface area contributed by atoms with Crippen LogP contribution in [0.2, 0.25) is 0 Å². The Bertz CT molecular complexity index is 1940. The molecule has 4 aliphatic heterocycles. The number of carbonyl (C=O) groups is 5. The second-order valence-electron chi connectivity index (χ2n) is 20.3. The molecule has 4 heterocycles. The lowest BCUT2D eigenvalue weighted by Crippen LogP contribution is -2.63. The summed E-state index contributed by atoms with van der Waals surface area (Å²) in [4.78, 5) is 72.2. The van der Waals surface area contributed by atoms with Crippen molar-refractivity contribution in [1.82, 2.24) is 14.7 Å². The highest BCUT2D eigenvalue weighted by Crippen LogP contribution is 2.52. The number of hydrogen-bond donors (Lipinski definition) is 2. The molecule has 0 spiro atoms. The number of amides is 2. The van der Waals surface area contributed by atoms with E-state index in [-0.39, 0.29) is 39.6 Å². The van der Waals surface area contributed by atoms with E-state index in [0.717, 1.165) is 49.9 Å². The van der Waals surface area contributed by atoms with Crippen LogP contribution in [0.4, 0.5) is 0 Å². The molecule has 350 valence electrons. The summed E-state index contributed by atoms with van der Waals surface area (Å²) >= 11 is 1.55. The first kappa shape index (κ1) is 50.0. The molecule has 4 aliphatic rings. The standard InChI is InChI=1S/C49H73N3O10S/c1-13-48(7,8)42(54)44(56)51-24-15-14-16-35(51)46(59)62-33(19-17-32-18-20-36(60-11)37(26-32)61-12)27-47(5,6)22-23-49(9,10)31(4)50-25-21-34(28-50)63-41-29(2)39-38(30(3)53)43(55)52(39)40(41)45(57)58/h18,20,26,29-30,33-35,38-39,53H,4,13-17,19,21-25,27-28H2,1-3,5-12H3,(H,57,58)/t29-,30-,33-,34+,35+,38-,39-/m1/s1. The Morgan fingerprint density at radius 3 is 2.27 bits per heavy atom. The van der Waals surface area contributed by atoms with Gasteiger partial charge in [-0.2, -0.15) is 0 Å². The molecule has 3 saturated heterocycles. The number of Topliss-reactive ketones (excluding diaryl/α,β-unsaturated/α-hetero) is 1. The first-order valence-electron chi connectivity index (χ1n) is 22.8. The fourth-order valence-electron chi connectivity index (χ4n) is 9.68. The van der Waals surface area contributed by atoms with E-state index in [0.29, 0.717) is 61.6 Å². The lowest BCUT2D eigenvalue weighted by atomic mass is 9.74. The van der Waals surface area contributed by atoms with Gasteiger partial charge >= 0.3 is 11.9 Å². The van der Waals surface area contributed by atoms with Gasteiger partial charge in [0.15, 0.2) is 11.5 Å². The number of likely N-dealkylation sites (tertiary alicyclic amines) is 2. The number of fused-ring (bicyclic) bond motifs is 1. The summed E-state index contributed by atoms with van der Waals surface area (Å²) < 4.78 is 17.4. The Morgan fingerprint density at radius 2 is 1.65 bits per heavy atom. The van der Waals surface area contributed by atoms with Crippen LogP contribution in [0.25, 0.3) is 0 Å². The van der Waals surface area contributed by atoms with Crippen molar-refractivity contribution in [3.8, 4) is 11.5 Å². The van der Waals surface area contributed by atoms with Gasteiger partial charge < -0.3 is 39.1 Å². The van der Waals surface area contributed by atoms with Crippen LogP contribution in [0, 0.1) is 28.1 Å². The molecular formula is C49H73N3O10S. The van der Waals surface area contributed by atoms with E-state index in [9.17, 15) is 34.2 Å². The van der Waals surface area contributed by atoms with Gasteiger partial charge in [-0.05, 0) is 94.2 Å². The molecule has 0 aromatic heterocycles. The molecular weight excluding hydrogens is 823 g/mol. The number of aryl methyl sites for hydroxylation is 1. The van der Waals surface area contributed by atoms with E-state index in [4.69, 9.17) is 14.2 Å². The monoisotopic (exact) mass is 896 g/mol. The Kier molecular flexibility index (Phi) is 15.9. The van der Waals surface area contributed by atoms with Gasteiger partial charge in [0.05, 0.1) is 32.3 Å². The fourth-order valence-corrected chi connectivity index (χ4v) is 11.2. The summed E-state index contributed by atoms with van der Waals surface area (Å²) in [5.74, 6) is -2.52. The molecule has 14 heteroatoms. The highest BCUT2D eigenvalue weighted by atomic mass is 32.2. The largest absolute Gasteiger partial charge is 0.493 e. The summed E-state index contributed by atoms with van der Waals surface area (Å²) in [5, 5.41) is 20.6. The number of aliphatic hydroxyl groups excluding tert-OH is 1. The number of hydrogen-bond acceptors (Lipinski definition) is 11. The van der Waals surface area contributed by atoms with E-state index in [1.807, 2.05) is 32.0 Å². The number of allylic oxidation sites excluding steroid dienone is 1. The molecule has 0 radical (unpaired) electrons. The van der Waals surface area contributed by atoms with Crippen molar-refractivity contribution >= 4 is 41.3 Å². The molecule has 1 aromatic rings. The molecule has 63 heavy (non-hydrogen) atoms. The summed E-state index contributed by atoms with van der Waals surface area (Å²) in [6.07, 6.45) is 5.33. The van der Waals surface area contributed by atoms with Crippen LogP contribution in [0.5, 0.6) is 11.5 Å². The molecule has 1 aromatic carbocycles. The maximum atomic E-state index is 14.2. The summed E-state index contributed by atoms with van der Waals surface area (Å²) in [5.41, 5.74) is 0.711. The number of rotatable bonds is 21. The smallest absolute Gasteiger partial charge is 0.353 e. The van der Waals surface area contributed by atoms with Crippen LogP contribution >= 0.6 is 11.8 Å². The van der Waals surface area contributed by atoms with Crippen LogP contribution in [0.1, 0.15) is 126 Å². The summed E-state index contributed by atoms with van der Waals surface area (Å²) in [6.45, 7) is 24.2. The lowest BCUT2D eigenvalue weighted by Gasteiger charge is -2.46. The number of piperidine rings is 1. The molecule has 0 unspecified atom stereocenters. The molecule has 0 aliphatic carbocycles. The van der Waals surface area contributed by atoms with Crippen LogP contribution in [-0.2, 0) is 35.1 Å². The SMILES string of the molecule is C=C(N1CC[C@H](SC2=C(C(=O)O)N3C(=O)[C@H]([C@@H](C)O)[C@H]3[C@H]2C)C1)C(C)(C)CCC(C)(C)C[C@@H](CCc1ccc(OC)c(OC)c1)OC(=O)[C@@H]1CCCCN1C(=O)C(=O)C(C)(C)CC. The van der Waals surface area contributed by atoms with E-state index in [1.165, 1.54) is 9.80 Å². The molecule has 0 bridgehead atoms. The minimum atomic E-state index is -1.11. The van der Waals surface area contributed by atoms with Crippen molar-refractivity contribution in [1.29, 1.82) is 0 Å². The van der Waals surface area contributed by atoms with E-state index < -0.39 is 53.2 Å². The van der Waals surface area contributed by atoms with Gasteiger partial charge in [0, 0.05) is 52.2 Å². The van der Waals surface area contributed by atoms with Gasteiger partial charge in [-0.15, -0.1) is 11.8 Å². The van der Waals surface area contributed by atoms with Crippen LogP contribution in [0.15, 0.2) is 41.1 Å². The predicted octanol–water partition coefficient (Wildman–Crippen LogP) is 7.63. The number of carboxylic acids is 1. The number of benzene rings is 1. The number of methoxy groups -OCH3 is 2. The highest BCUT2D eigenvalue weighted by molar-refractivity contribution is 8.03. The third-order valence-electron chi connectivity index (χ3n) is 14.3. The van der Waals surface area contributed by atoms with Crippen molar-refractivity contribution in [2.24, 2.45) is 28.1 Å². The van der Waals surface area contributed by atoms with Gasteiger partial charge in [-0.3, -0.25) is 14.4 Å². The van der Waals surface area contributed by atoms with Crippen molar-refractivity contribution < 1.29 is 48.4 Å². The predicted molar refractivity (Wildman–Crippen MR) is 244 cm³/mol. The number of aliphatic hydroxyl groups is 1. The minimum Gasteiger partial charge on any atom is -0.493 e. The molecule has 2 N–H and O–H groups in total. The van der Waals surface area contributed by atoms with Gasteiger partial charge in [-0.1, -0.05) is 68.0 Å². The third-order valence-corrected chi connectivity index (χ3v) is 15.9. The number of aliphatic carboxylic acids is 1. The Balaban J connectivity index is 1.25. The van der Waals surface area contributed by atoms with Crippen molar-refractivity contribution in [3.05, 3.63) is 46.6 Å². The number of β-lactam (4-membered cyclic amide) rings is 1. The minimum absolute atomic E-state index is 0.0580. The molecule has 13 nitrogen and oxygen atoms in total.